The number of nitrogens with zero attached hydrogens (tertiary/aromatic N) is 1. The summed E-state index contributed by atoms with van der Waals surface area (Å²) in [6.45, 7) is 1.77. The lowest BCUT2D eigenvalue weighted by atomic mass is 10.1. The summed E-state index contributed by atoms with van der Waals surface area (Å²) < 4.78 is 0. The van der Waals surface area contributed by atoms with Crippen molar-refractivity contribution >= 4 is 39.8 Å². The fourth-order valence-electron chi connectivity index (χ4n) is 1.78. The molecule has 0 radical (unpaired) electrons. The molecule has 0 aliphatic rings. The van der Waals surface area contributed by atoms with Gasteiger partial charge in [0.1, 0.15) is 5.50 Å². The van der Waals surface area contributed by atoms with Gasteiger partial charge >= 0.3 is 0 Å². The first-order valence-corrected chi connectivity index (χ1v) is 6.31. The Kier molecular flexibility index (Phi) is 3.94. The van der Waals surface area contributed by atoms with E-state index in [4.69, 9.17) is 28.9 Å². The largest absolute Gasteiger partial charge is 0.403 e. The maximum Gasteiger partial charge on any atom is 0.121 e. The van der Waals surface area contributed by atoms with Crippen LogP contribution in [0, 0.1) is 0 Å². The Bertz CT molecular complexity index is 611. The summed E-state index contributed by atoms with van der Waals surface area (Å²) >= 11 is 12.0. The molecule has 2 rings (SSSR count). The molecule has 3 N–H and O–H groups in total. The summed E-state index contributed by atoms with van der Waals surface area (Å²) in [5, 5.41) is 1.42. The minimum absolute atomic E-state index is 0.373. The molecule has 0 saturated heterocycles. The molecule has 1 aromatic carbocycles. The van der Waals surface area contributed by atoms with Crippen LogP contribution in [0.2, 0.25) is 0 Å². The number of aromatic amines is 1. The second kappa shape index (κ2) is 5.46. The number of para-hydroxylation sites is 1. The summed E-state index contributed by atoms with van der Waals surface area (Å²) in [5.41, 5.74) is 7.61. The Morgan fingerprint density at radius 3 is 2.83 bits per heavy atom. The maximum atomic E-state index is 6.10. The van der Waals surface area contributed by atoms with Crippen LogP contribution in [0.25, 0.3) is 10.9 Å². The quantitative estimate of drug-likeness (QED) is 0.504. The van der Waals surface area contributed by atoms with E-state index in [0.29, 0.717) is 10.7 Å². The van der Waals surface area contributed by atoms with Gasteiger partial charge in [0.2, 0.25) is 0 Å². The van der Waals surface area contributed by atoms with Crippen molar-refractivity contribution in [1.29, 1.82) is 0 Å². The molecule has 0 aliphatic carbocycles. The lowest BCUT2D eigenvalue weighted by Gasteiger charge is -2.05. The fraction of sp³-hybridized carbons (Fsp3) is 0.154. The van der Waals surface area contributed by atoms with E-state index >= 15 is 0 Å². The molecular formula is C13H13Cl2N3. The summed E-state index contributed by atoms with van der Waals surface area (Å²) in [4.78, 5) is 7.49. The first-order chi connectivity index (χ1) is 8.63. The van der Waals surface area contributed by atoms with E-state index in [1.165, 1.54) is 6.20 Å². The number of rotatable bonds is 3. The molecule has 94 valence electrons. The summed E-state index contributed by atoms with van der Waals surface area (Å²) in [6, 6.07) is 7.91. The van der Waals surface area contributed by atoms with Crippen molar-refractivity contribution in [2.45, 2.75) is 12.4 Å². The molecule has 2 aromatic rings. The summed E-state index contributed by atoms with van der Waals surface area (Å²) in [6.07, 6.45) is 3.18. The van der Waals surface area contributed by atoms with Crippen LogP contribution in [0.15, 0.2) is 46.7 Å². The minimum Gasteiger partial charge on any atom is -0.403 e. The molecule has 5 heteroatoms. The topological polar surface area (TPSA) is 54.2 Å². The third-order valence-corrected chi connectivity index (χ3v) is 2.93. The van der Waals surface area contributed by atoms with Gasteiger partial charge in [-0.1, -0.05) is 41.4 Å². The molecule has 0 saturated carbocycles. The normalized spacial score (nSPS) is 15.1. The highest BCUT2D eigenvalue weighted by atomic mass is 35.5. The number of H-pyrrole nitrogens is 1. The Balaban J connectivity index is 2.62. The lowest BCUT2D eigenvalue weighted by molar-refractivity contribution is 1.03. The number of aromatic nitrogens is 1. The predicted octanol–water partition coefficient (Wildman–Crippen LogP) is 3.58. The Morgan fingerprint density at radius 2 is 2.17 bits per heavy atom. The van der Waals surface area contributed by atoms with Crippen LogP contribution < -0.4 is 5.73 Å². The van der Waals surface area contributed by atoms with Gasteiger partial charge in [-0.25, -0.2) is 0 Å². The number of nitrogens with one attached hydrogen (secondary N) is 1. The minimum atomic E-state index is -0.373. The average molecular weight is 282 g/mol. The van der Waals surface area contributed by atoms with Gasteiger partial charge in [-0.05, 0) is 13.0 Å². The van der Waals surface area contributed by atoms with E-state index in [0.717, 1.165) is 16.5 Å². The smallest absolute Gasteiger partial charge is 0.121 e. The molecule has 0 aliphatic heterocycles. The highest BCUT2D eigenvalue weighted by molar-refractivity contribution is 6.47. The zero-order valence-corrected chi connectivity index (χ0v) is 11.3. The van der Waals surface area contributed by atoms with Gasteiger partial charge in [0.15, 0.2) is 0 Å². The van der Waals surface area contributed by atoms with Gasteiger partial charge in [0.25, 0.3) is 0 Å². The molecule has 0 bridgehead atoms. The zero-order valence-electron chi connectivity index (χ0n) is 9.82. The number of aliphatic imine (C=N–C) groups is 1. The number of nitrogens with two attached hydrogens (primary N) is 1. The van der Waals surface area contributed by atoms with Crippen LogP contribution in [0.4, 0.5) is 0 Å². The van der Waals surface area contributed by atoms with Gasteiger partial charge < -0.3 is 10.7 Å². The standard InChI is InChI=1S/C13H13Cl2N3/c1-8(14)18-13(11(15)6-16)10-7-17-12-5-3-2-4-9(10)12/h2-8,17H,16H2,1H3/b11-6+,18-13-. The molecule has 3 nitrogen and oxygen atoms in total. The first kappa shape index (κ1) is 13.0. The van der Waals surface area contributed by atoms with Crippen molar-refractivity contribution in [3.63, 3.8) is 0 Å². The highest BCUT2D eigenvalue weighted by Gasteiger charge is 2.13. The van der Waals surface area contributed by atoms with E-state index in [2.05, 4.69) is 9.98 Å². The number of benzene rings is 1. The molecule has 1 heterocycles. The second-order valence-electron chi connectivity index (χ2n) is 3.81. The lowest BCUT2D eigenvalue weighted by Crippen LogP contribution is -2.05. The predicted molar refractivity (Wildman–Crippen MR) is 78.3 cm³/mol. The molecule has 1 atom stereocenters. The summed E-state index contributed by atoms with van der Waals surface area (Å²) in [5.74, 6) is 0. The van der Waals surface area contributed by atoms with Crippen molar-refractivity contribution < 1.29 is 0 Å². The zero-order chi connectivity index (χ0) is 13.1. The summed E-state index contributed by atoms with van der Waals surface area (Å²) in [7, 11) is 0. The van der Waals surface area contributed by atoms with Crippen molar-refractivity contribution in [2.24, 2.45) is 10.7 Å². The number of alkyl halides is 1. The van der Waals surface area contributed by atoms with Crippen LogP contribution in [-0.4, -0.2) is 16.2 Å². The van der Waals surface area contributed by atoms with Crippen LogP contribution in [0.3, 0.4) is 0 Å². The molecular weight excluding hydrogens is 269 g/mol. The van der Waals surface area contributed by atoms with Crippen molar-refractivity contribution in [1.82, 2.24) is 4.98 Å². The first-order valence-electron chi connectivity index (χ1n) is 5.49. The van der Waals surface area contributed by atoms with Gasteiger partial charge in [0.05, 0.1) is 10.7 Å². The number of hydrogen-bond donors (Lipinski definition) is 2. The third-order valence-electron chi connectivity index (χ3n) is 2.52. The third kappa shape index (κ3) is 2.52. The van der Waals surface area contributed by atoms with Crippen molar-refractivity contribution in [3.8, 4) is 0 Å². The van der Waals surface area contributed by atoms with Crippen LogP contribution in [-0.2, 0) is 0 Å². The highest BCUT2D eigenvalue weighted by Crippen LogP contribution is 2.23. The van der Waals surface area contributed by atoms with Crippen molar-refractivity contribution in [2.75, 3.05) is 0 Å². The molecule has 0 amide bonds. The molecule has 1 unspecified atom stereocenters. The maximum absolute atomic E-state index is 6.10. The van der Waals surface area contributed by atoms with Gasteiger partial charge in [0, 0.05) is 28.9 Å². The fourth-order valence-corrected chi connectivity index (χ4v) is 2.03. The van der Waals surface area contributed by atoms with E-state index < -0.39 is 0 Å². The SMILES string of the molecule is CC(Cl)/N=C(\C(Cl)=C/N)c1c[nH]c2ccccc12. The van der Waals surface area contributed by atoms with E-state index in [-0.39, 0.29) is 5.50 Å². The molecule has 0 fully saturated rings. The van der Waals surface area contributed by atoms with Crippen LogP contribution >= 0.6 is 23.2 Å². The van der Waals surface area contributed by atoms with Gasteiger partial charge in [-0.2, -0.15) is 0 Å². The van der Waals surface area contributed by atoms with E-state index in [1.54, 1.807) is 6.92 Å². The number of fused-ring (bicyclic) bond motifs is 1. The van der Waals surface area contributed by atoms with Crippen molar-refractivity contribution in [3.05, 3.63) is 47.3 Å². The number of allylic oxidation sites excluding steroid dienone is 1. The van der Waals surface area contributed by atoms with Crippen LogP contribution in [0.5, 0.6) is 0 Å². The Labute approximate surface area is 115 Å². The van der Waals surface area contributed by atoms with Gasteiger partial charge in [-0.15, -0.1) is 0 Å². The number of halogens is 2. The average Bonchev–Trinajstić information content (AvgIpc) is 2.78. The van der Waals surface area contributed by atoms with E-state index in [9.17, 15) is 0 Å². The second-order valence-corrected chi connectivity index (χ2v) is 4.85. The Morgan fingerprint density at radius 1 is 1.44 bits per heavy atom. The Hall–Kier alpha value is -1.45. The molecule has 1 aromatic heterocycles. The van der Waals surface area contributed by atoms with Crippen LogP contribution in [0.1, 0.15) is 12.5 Å². The van der Waals surface area contributed by atoms with E-state index in [1.807, 2.05) is 30.5 Å². The number of hydrogen-bond acceptors (Lipinski definition) is 2. The molecule has 0 spiro atoms. The monoisotopic (exact) mass is 281 g/mol. The van der Waals surface area contributed by atoms with Gasteiger partial charge in [-0.3, -0.25) is 4.99 Å². The molecule has 18 heavy (non-hydrogen) atoms.